The third-order valence-electron chi connectivity index (χ3n) is 5.06. The summed E-state index contributed by atoms with van der Waals surface area (Å²) in [5, 5.41) is 0. The number of hydrogen-bond acceptors (Lipinski definition) is 3. The van der Waals surface area contributed by atoms with Crippen LogP contribution in [0.2, 0.25) is 0 Å². The Kier molecular flexibility index (Phi) is 5.16. The second-order valence-corrected chi connectivity index (χ2v) is 6.44. The smallest absolute Gasteiger partial charge is 0.256 e. The van der Waals surface area contributed by atoms with E-state index < -0.39 is 5.82 Å². The number of amides is 1. The summed E-state index contributed by atoms with van der Waals surface area (Å²) in [5.74, 6) is -0.649. The standard InChI is InChI=1S/C18H25FN2O2/c1-23-16-8-4-7-15(17(16)19)18(22)21-12-5-6-14(9-13-21)20-10-2-3-11-20/h4,7-8,14H,2-3,5-6,9-13H2,1H3. The summed E-state index contributed by atoms with van der Waals surface area (Å²) < 4.78 is 19.3. The average Bonchev–Trinajstić information content (AvgIpc) is 2.99. The molecule has 1 atom stereocenters. The van der Waals surface area contributed by atoms with Crippen molar-refractivity contribution in [3.63, 3.8) is 0 Å². The van der Waals surface area contributed by atoms with Crippen LogP contribution in [0.4, 0.5) is 4.39 Å². The second kappa shape index (κ2) is 7.30. The lowest BCUT2D eigenvalue weighted by Gasteiger charge is -2.26. The van der Waals surface area contributed by atoms with Crippen LogP contribution < -0.4 is 4.74 Å². The Morgan fingerprint density at radius 3 is 2.65 bits per heavy atom. The van der Waals surface area contributed by atoms with E-state index in [0.717, 1.165) is 19.3 Å². The van der Waals surface area contributed by atoms with Crippen LogP contribution in [0, 0.1) is 5.82 Å². The Morgan fingerprint density at radius 2 is 1.91 bits per heavy atom. The maximum atomic E-state index is 14.3. The summed E-state index contributed by atoms with van der Waals surface area (Å²) in [4.78, 5) is 17.0. The van der Waals surface area contributed by atoms with Gasteiger partial charge in [0.2, 0.25) is 0 Å². The van der Waals surface area contributed by atoms with E-state index in [9.17, 15) is 9.18 Å². The number of methoxy groups -OCH3 is 1. The molecule has 1 unspecified atom stereocenters. The van der Waals surface area contributed by atoms with Gasteiger partial charge in [0.25, 0.3) is 5.91 Å². The first-order chi connectivity index (χ1) is 11.2. The van der Waals surface area contributed by atoms with E-state index in [2.05, 4.69) is 4.90 Å². The minimum atomic E-state index is -0.555. The van der Waals surface area contributed by atoms with E-state index in [1.165, 1.54) is 39.1 Å². The number of rotatable bonds is 3. The maximum Gasteiger partial charge on any atom is 0.256 e. The minimum Gasteiger partial charge on any atom is -0.494 e. The van der Waals surface area contributed by atoms with E-state index in [4.69, 9.17) is 4.74 Å². The number of halogens is 1. The summed E-state index contributed by atoms with van der Waals surface area (Å²) in [6.45, 7) is 3.78. The minimum absolute atomic E-state index is 0.115. The lowest BCUT2D eigenvalue weighted by Crippen LogP contribution is -2.35. The van der Waals surface area contributed by atoms with E-state index in [0.29, 0.717) is 19.1 Å². The molecule has 5 heteroatoms. The zero-order valence-electron chi connectivity index (χ0n) is 13.8. The first-order valence-corrected chi connectivity index (χ1v) is 8.56. The van der Waals surface area contributed by atoms with Crippen LogP contribution in [0.5, 0.6) is 5.75 Å². The van der Waals surface area contributed by atoms with Crippen LogP contribution >= 0.6 is 0 Å². The first kappa shape index (κ1) is 16.2. The molecule has 126 valence electrons. The molecule has 0 spiro atoms. The van der Waals surface area contributed by atoms with Gasteiger partial charge in [0.1, 0.15) is 0 Å². The van der Waals surface area contributed by atoms with E-state index in [1.807, 2.05) is 0 Å². The third kappa shape index (κ3) is 3.50. The maximum absolute atomic E-state index is 14.3. The van der Waals surface area contributed by atoms with Gasteiger partial charge in [0.05, 0.1) is 12.7 Å². The quantitative estimate of drug-likeness (QED) is 0.858. The highest BCUT2D eigenvalue weighted by Crippen LogP contribution is 2.24. The summed E-state index contributed by atoms with van der Waals surface area (Å²) in [6, 6.07) is 5.33. The number of carbonyl (C=O) groups excluding carboxylic acids is 1. The topological polar surface area (TPSA) is 32.8 Å². The average molecular weight is 320 g/mol. The van der Waals surface area contributed by atoms with Gasteiger partial charge in [-0.3, -0.25) is 4.79 Å². The number of likely N-dealkylation sites (tertiary alicyclic amines) is 2. The number of benzene rings is 1. The van der Waals surface area contributed by atoms with Crippen LogP contribution in [0.25, 0.3) is 0 Å². The lowest BCUT2D eigenvalue weighted by atomic mass is 10.1. The highest BCUT2D eigenvalue weighted by atomic mass is 19.1. The fourth-order valence-corrected chi connectivity index (χ4v) is 3.76. The molecule has 0 aliphatic carbocycles. The largest absolute Gasteiger partial charge is 0.494 e. The molecule has 0 saturated carbocycles. The summed E-state index contributed by atoms with van der Waals surface area (Å²) in [6.07, 6.45) is 5.67. The second-order valence-electron chi connectivity index (χ2n) is 6.44. The molecule has 3 rings (SSSR count). The molecule has 4 nitrogen and oxygen atoms in total. The zero-order valence-corrected chi connectivity index (χ0v) is 13.8. The molecule has 2 aliphatic heterocycles. The van der Waals surface area contributed by atoms with Gasteiger partial charge in [-0.25, -0.2) is 4.39 Å². The molecule has 0 aromatic heterocycles. The third-order valence-corrected chi connectivity index (χ3v) is 5.06. The van der Waals surface area contributed by atoms with Crippen molar-refractivity contribution >= 4 is 5.91 Å². The number of carbonyl (C=O) groups is 1. The van der Waals surface area contributed by atoms with Gasteiger partial charge in [-0.2, -0.15) is 0 Å². The van der Waals surface area contributed by atoms with Crippen molar-refractivity contribution < 1.29 is 13.9 Å². The van der Waals surface area contributed by atoms with Gasteiger partial charge >= 0.3 is 0 Å². The highest BCUT2D eigenvalue weighted by molar-refractivity contribution is 5.95. The van der Waals surface area contributed by atoms with Crippen molar-refractivity contribution in [2.24, 2.45) is 0 Å². The molecule has 2 heterocycles. The normalized spacial score (nSPS) is 22.9. The summed E-state index contributed by atoms with van der Waals surface area (Å²) in [5.41, 5.74) is 0.115. The van der Waals surface area contributed by atoms with Gasteiger partial charge < -0.3 is 14.5 Å². The van der Waals surface area contributed by atoms with Crippen LogP contribution in [-0.2, 0) is 0 Å². The molecular formula is C18H25FN2O2. The number of ether oxygens (including phenoxy) is 1. The Bertz CT molecular complexity index is 558. The van der Waals surface area contributed by atoms with Gasteiger partial charge in [0.15, 0.2) is 11.6 Å². The fourth-order valence-electron chi connectivity index (χ4n) is 3.76. The molecule has 0 radical (unpaired) electrons. The van der Waals surface area contributed by atoms with Crippen molar-refractivity contribution in [2.45, 2.75) is 38.1 Å². The predicted molar refractivity (Wildman–Crippen MR) is 87.3 cm³/mol. The molecule has 2 fully saturated rings. The van der Waals surface area contributed by atoms with Crippen molar-refractivity contribution in [1.29, 1.82) is 0 Å². The fraction of sp³-hybridized carbons (Fsp3) is 0.611. The van der Waals surface area contributed by atoms with Gasteiger partial charge in [-0.1, -0.05) is 6.07 Å². The molecule has 0 N–H and O–H groups in total. The first-order valence-electron chi connectivity index (χ1n) is 8.56. The van der Waals surface area contributed by atoms with Crippen molar-refractivity contribution in [2.75, 3.05) is 33.3 Å². The lowest BCUT2D eigenvalue weighted by molar-refractivity contribution is 0.0752. The van der Waals surface area contributed by atoms with E-state index >= 15 is 0 Å². The summed E-state index contributed by atoms with van der Waals surface area (Å²) >= 11 is 0. The number of hydrogen-bond donors (Lipinski definition) is 0. The number of nitrogens with zero attached hydrogens (tertiary/aromatic N) is 2. The SMILES string of the molecule is COc1cccc(C(=O)N2CCCC(N3CCCC3)CC2)c1F. The molecule has 1 aromatic rings. The van der Waals surface area contributed by atoms with Crippen molar-refractivity contribution in [3.05, 3.63) is 29.6 Å². The Morgan fingerprint density at radius 1 is 1.13 bits per heavy atom. The molecule has 1 aromatic carbocycles. The summed E-state index contributed by atoms with van der Waals surface area (Å²) in [7, 11) is 1.42. The molecule has 1 amide bonds. The van der Waals surface area contributed by atoms with Crippen LogP contribution in [-0.4, -0.2) is 55.0 Å². The molecule has 23 heavy (non-hydrogen) atoms. The van der Waals surface area contributed by atoms with Crippen LogP contribution in [0.3, 0.4) is 0 Å². The predicted octanol–water partition coefficient (Wildman–Crippen LogP) is 2.92. The van der Waals surface area contributed by atoms with Crippen LogP contribution in [0.15, 0.2) is 18.2 Å². The van der Waals surface area contributed by atoms with Crippen LogP contribution in [0.1, 0.15) is 42.5 Å². The highest BCUT2D eigenvalue weighted by Gasteiger charge is 2.28. The Hall–Kier alpha value is -1.62. The van der Waals surface area contributed by atoms with Crippen molar-refractivity contribution in [1.82, 2.24) is 9.80 Å². The van der Waals surface area contributed by atoms with E-state index in [1.54, 1.807) is 17.0 Å². The van der Waals surface area contributed by atoms with E-state index in [-0.39, 0.29) is 17.2 Å². The molecule has 2 aliphatic rings. The Balaban J connectivity index is 1.68. The zero-order chi connectivity index (χ0) is 16.2. The van der Waals surface area contributed by atoms with Crippen molar-refractivity contribution in [3.8, 4) is 5.75 Å². The van der Waals surface area contributed by atoms with Gasteiger partial charge in [0, 0.05) is 19.1 Å². The molecular weight excluding hydrogens is 295 g/mol. The molecule has 0 bridgehead atoms. The van der Waals surface area contributed by atoms with Gasteiger partial charge in [-0.05, 0) is 57.3 Å². The monoisotopic (exact) mass is 320 g/mol. The Labute approximate surface area is 137 Å². The molecule has 2 saturated heterocycles. The van der Waals surface area contributed by atoms with Gasteiger partial charge in [-0.15, -0.1) is 0 Å².